The van der Waals surface area contributed by atoms with E-state index in [1.165, 1.54) is 32.1 Å². The summed E-state index contributed by atoms with van der Waals surface area (Å²) in [5, 5.41) is 7.29. The molecular formula is C35H62N2O6. The smallest absolute Gasteiger partial charge is 0.328 e. The van der Waals surface area contributed by atoms with Crippen LogP contribution in [0.25, 0.3) is 0 Å². The zero-order valence-corrected chi connectivity index (χ0v) is 28.6. The standard InChI is InChI=1S/C35H62N2O6/c1-30(2)20-26(21-31(3,4)36-30)42-28(38)34(29(39)43-27-22-32(5,6)37-33(7,8)23-27)24-40-35(41-25-34)18-16-14-12-10-9-11-13-15-17-19-35/h26-27,36-37H,9-25H2,1-8H3. The number of carbonyl (C=O) groups excluding carboxylic acids is 2. The molecule has 1 spiro atoms. The van der Waals surface area contributed by atoms with Gasteiger partial charge in [0, 0.05) is 60.7 Å². The Morgan fingerprint density at radius 3 is 1.16 bits per heavy atom. The lowest BCUT2D eigenvalue weighted by atomic mass is 9.80. The van der Waals surface area contributed by atoms with Crippen LogP contribution in [0.3, 0.4) is 0 Å². The molecule has 8 nitrogen and oxygen atoms in total. The first-order chi connectivity index (χ1) is 19.9. The van der Waals surface area contributed by atoms with Gasteiger partial charge in [-0.3, -0.25) is 9.59 Å². The van der Waals surface area contributed by atoms with Crippen LogP contribution < -0.4 is 10.6 Å². The first-order valence-corrected chi connectivity index (χ1v) is 17.2. The van der Waals surface area contributed by atoms with E-state index in [1.807, 2.05) is 0 Å². The fraction of sp³-hybridized carbons (Fsp3) is 0.943. The molecule has 1 saturated carbocycles. The molecule has 1 aliphatic carbocycles. The summed E-state index contributed by atoms with van der Waals surface area (Å²) in [5.74, 6) is -1.92. The van der Waals surface area contributed by atoms with Gasteiger partial charge in [0.1, 0.15) is 12.2 Å². The highest BCUT2D eigenvalue weighted by Gasteiger charge is 2.58. The molecule has 4 rings (SSSR count). The highest BCUT2D eigenvalue weighted by Crippen LogP contribution is 2.41. The molecule has 3 saturated heterocycles. The van der Waals surface area contributed by atoms with Gasteiger partial charge in [-0.1, -0.05) is 44.9 Å². The maximum absolute atomic E-state index is 14.2. The average molecular weight is 607 g/mol. The van der Waals surface area contributed by atoms with E-state index >= 15 is 0 Å². The number of carbonyl (C=O) groups is 2. The fourth-order valence-electron chi connectivity index (χ4n) is 8.50. The number of piperidine rings is 2. The van der Waals surface area contributed by atoms with Gasteiger partial charge in [-0.2, -0.15) is 0 Å². The summed E-state index contributed by atoms with van der Waals surface area (Å²) in [4.78, 5) is 28.4. The molecule has 0 bridgehead atoms. The Morgan fingerprint density at radius 1 is 0.535 bits per heavy atom. The third-order valence-corrected chi connectivity index (χ3v) is 9.91. The summed E-state index contributed by atoms with van der Waals surface area (Å²) in [7, 11) is 0. The van der Waals surface area contributed by atoms with Crippen LogP contribution in [0.15, 0.2) is 0 Å². The predicted molar refractivity (Wildman–Crippen MR) is 169 cm³/mol. The minimum Gasteiger partial charge on any atom is -0.461 e. The second-order valence-corrected chi connectivity index (χ2v) is 16.9. The van der Waals surface area contributed by atoms with Crippen molar-refractivity contribution in [2.75, 3.05) is 13.2 Å². The molecule has 4 fully saturated rings. The maximum atomic E-state index is 14.2. The first kappa shape index (κ1) is 34.6. The van der Waals surface area contributed by atoms with Crippen LogP contribution in [0, 0.1) is 5.41 Å². The molecule has 0 aromatic rings. The van der Waals surface area contributed by atoms with Crippen LogP contribution in [0.2, 0.25) is 0 Å². The monoisotopic (exact) mass is 606 g/mol. The summed E-state index contributed by atoms with van der Waals surface area (Å²) in [6.07, 6.45) is 14.2. The third-order valence-electron chi connectivity index (χ3n) is 9.91. The van der Waals surface area contributed by atoms with Crippen molar-refractivity contribution >= 4 is 11.9 Å². The Morgan fingerprint density at radius 2 is 0.837 bits per heavy atom. The molecule has 2 N–H and O–H groups in total. The molecule has 43 heavy (non-hydrogen) atoms. The van der Waals surface area contributed by atoms with Crippen molar-refractivity contribution in [1.29, 1.82) is 0 Å². The van der Waals surface area contributed by atoms with Crippen molar-refractivity contribution < 1.29 is 28.5 Å². The van der Waals surface area contributed by atoms with Crippen molar-refractivity contribution in [3.8, 4) is 0 Å². The number of ether oxygens (including phenoxy) is 4. The van der Waals surface area contributed by atoms with Crippen molar-refractivity contribution in [3.05, 3.63) is 0 Å². The molecule has 0 radical (unpaired) electrons. The molecule has 0 aromatic carbocycles. The normalized spacial score (nSPS) is 29.5. The molecule has 248 valence electrons. The van der Waals surface area contributed by atoms with Crippen LogP contribution in [-0.2, 0) is 28.5 Å². The molecule has 8 heteroatoms. The third kappa shape index (κ3) is 9.40. The van der Waals surface area contributed by atoms with Gasteiger partial charge in [-0.05, 0) is 68.2 Å². The van der Waals surface area contributed by atoms with Gasteiger partial charge in [0.2, 0.25) is 5.41 Å². The van der Waals surface area contributed by atoms with Crippen molar-refractivity contribution in [2.24, 2.45) is 5.41 Å². The summed E-state index contributed by atoms with van der Waals surface area (Å²) in [5.41, 5.74) is -2.46. The number of esters is 2. The van der Waals surface area contributed by atoms with Gasteiger partial charge in [-0.15, -0.1) is 0 Å². The highest BCUT2D eigenvalue weighted by atomic mass is 16.7. The molecule has 0 unspecified atom stereocenters. The molecule has 3 aliphatic heterocycles. The second-order valence-electron chi connectivity index (χ2n) is 16.9. The van der Waals surface area contributed by atoms with Crippen molar-refractivity contribution in [2.45, 2.75) is 192 Å². The van der Waals surface area contributed by atoms with E-state index in [0.29, 0.717) is 25.7 Å². The second kappa shape index (κ2) is 13.3. The van der Waals surface area contributed by atoms with Gasteiger partial charge in [0.05, 0.1) is 13.2 Å². The van der Waals surface area contributed by atoms with Crippen molar-refractivity contribution in [1.82, 2.24) is 10.6 Å². The summed E-state index contributed by atoms with van der Waals surface area (Å²) in [6.45, 7) is 16.9. The lowest BCUT2D eigenvalue weighted by Crippen LogP contribution is -2.63. The molecule has 0 amide bonds. The van der Waals surface area contributed by atoms with E-state index in [9.17, 15) is 9.59 Å². The maximum Gasteiger partial charge on any atom is 0.328 e. The zero-order chi connectivity index (χ0) is 31.6. The molecule has 3 heterocycles. The van der Waals surface area contributed by atoms with Gasteiger partial charge in [0.15, 0.2) is 5.79 Å². The minimum absolute atomic E-state index is 0.0693. The van der Waals surface area contributed by atoms with Crippen LogP contribution >= 0.6 is 0 Å². The van der Waals surface area contributed by atoms with Crippen LogP contribution in [0.4, 0.5) is 0 Å². The number of rotatable bonds is 4. The quantitative estimate of drug-likeness (QED) is 0.269. The molecule has 0 atom stereocenters. The van der Waals surface area contributed by atoms with E-state index in [-0.39, 0.29) is 47.6 Å². The lowest BCUT2D eigenvalue weighted by Gasteiger charge is -2.48. The van der Waals surface area contributed by atoms with Gasteiger partial charge in [-0.25, -0.2) is 0 Å². The van der Waals surface area contributed by atoms with Gasteiger partial charge < -0.3 is 29.6 Å². The van der Waals surface area contributed by atoms with Crippen LogP contribution in [-0.4, -0.2) is 65.3 Å². The Labute approximate surface area is 261 Å². The van der Waals surface area contributed by atoms with E-state index < -0.39 is 23.1 Å². The summed E-state index contributed by atoms with van der Waals surface area (Å²) in [6, 6.07) is 0. The van der Waals surface area contributed by atoms with E-state index in [1.54, 1.807) is 0 Å². The SMILES string of the molecule is CC1(C)CC(OC(=O)C2(C(=O)OC3CC(C)(C)NC(C)(C)C3)COC3(CCCCCCCCCCC3)OC2)CC(C)(C)N1. The summed E-state index contributed by atoms with van der Waals surface area (Å²) >= 11 is 0. The van der Waals surface area contributed by atoms with Crippen LogP contribution in [0.1, 0.15) is 152 Å². The Kier molecular flexibility index (Phi) is 10.7. The zero-order valence-electron chi connectivity index (χ0n) is 28.6. The van der Waals surface area contributed by atoms with Gasteiger partial charge in [0.25, 0.3) is 0 Å². The number of hydrogen-bond acceptors (Lipinski definition) is 8. The molecule has 4 aliphatic rings. The minimum atomic E-state index is -1.65. The Bertz CT molecular complexity index is 865. The van der Waals surface area contributed by atoms with E-state index in [4.69, 9.17) is 18.9 Å². The van der Waals surface area contributed by atoms with Crippen LogP contribution in [0.5, 0.6) is 0 Å². The Hall–Kier alpha value is -1.22. The topological polar surface area (TPSA) is 95.1 Å². The highest BCUT2D eigenvalue weighted by molar-refractivity contribution is 6.00. The Balaban J connectivity index is 1.55. The first-order valence-electron chi connectivity index (χ1n) is 17.2. The molecule has 0 aromatic heterocycles. The lowest BCUT2D eigenvalue weighted by molar-refractivity contribution is -0.307. The fourth-order valence-corrected chi connectivity index (χ4v) is 8.50. The van der Waals surface area contributed by atoms with E-state index in [2.05, 4.69) is 66.0 Å². The van der Waals surface area contributed by atoms with Gasteiger partial charge >= 0.3 is 11.9 Å². The number of hydrogen-bond donors (Lipinski definition) is 2. The largest absolute Gasteiger partial charge is 0.461 e. The average Bonchev–Trinajstić information content (AvgIpc) is 2.83. The number of nitrogens with one attached hydrogen (secondary N) is 2. The molecular weight excluding hydrogens is 544 g/mol. The van der Waals surface area contributed by atoms with E-state index in [0.717, 1.165) is 38.5 Å². The van der Waals surface area contributed by atoms with Crippen molar-refractivity contribution in [3.63, 3.8) is 0 Å². The predicted octanol–water partition coefficient (Wildman–Crippen LogP) is 6.73. The summed E-state index contributed by atoms with van der Waals surface area (Å²) < 4.78 is 25.6.